The average molecular weight is 162 g/mol. The van der Waals surface area contributed by atoms with Crippen molar-refractivity contribution in [2.45, 2.75) is 0 Å². The van der Waals surface area contributed by atoms with Gasteiger partial charge in [0, 0.05) is 5.56 Å². The summed E-state index contributed by atoms with van der Waals surface area (Å²) in [5.74, 6) is 0.783. The summed E-state index contributed by atoms with van der Waals surface area (Å²) in [5, 5.41) is 0. The number of hydrogen-bond donors (Lipinski definition) is 0. The van der Waals surface area contributed by atoms with E-state index in [2.05, 4.69) is 0 Å². The Morgan fingerprint density at radius 1 is 1.33 bits per heavy atom. The Morgan fingerprint density at radius 2 is 2.25 bits per heavy atom. The van der Waals surface area contributed by atoms with Gasteiger partial charge >= 0.3 is 0 Å². The first-order valence-electron chi connectivity index (χ1n) is 3.64. The third-order valence-electron chi connectivity index (χ3n) is 1.71. The molecule has 0 fully saturated rings. The Hall–Kier alpha value is -1.57. The third kappa shape index (κ3) is 1.11. The second-order valence-corrected chi connectivity index (χ2v) is 2.51. The zero-order valence-corrected chi connectivity index (χ0v) is 6.33. The van der Waals surface area contributed by atoms with Gasteiger partial charge in [-0.2, -0.15) is 0 Å². The molecule has 0 aromatic heterocycles. The highest BCUT2D eigenvalue weighted by molar-refractivity contribution is 5.69. The third-order valence-corrected chi connectivity index (χ3v) is 1.71. The molecule has 2 rings (SSSR count). The van der Waals surface area contributed by atoms with E-state index in [0.29, 0.717) is 6.33 Å². The van der Waals surface area contributed by atoms with Gasteiger partial charge in [-0.15, -0.1) is 0 Å². The maximum absolute atomic E-state index is 11.8. The Bertz CT molecular complexity index is 345. The first kappa shape index (κ1) is 7.10. The Balaban J connectivity index is 2.55. The van der Waals surface area contributed by atoms with Crippen LogP contribution in [-0.4, -0.2) is 0 Å². The van der Waals surface area contributed by atoms with Crippen molar-refractivity contribution in [1.29, 1.82) is 0 Å². The second-order valence-electron chi connectivity index (χ2n) is 2.51. The highest BCUT2D eigenvalue weighted by atomic mass is 19.1. The van der Waals surface area contributed by atoms with E-state index >= 15 is 0 Å². The van der Waals surface area contributed by atoms with Crippen LogP contribution in [-0.2, 0) is 0 Å². The molecule has 0 aromatic rings. The van der Waals surface area contributed by atoms with Gasteiger partial charge in [0.2, 0.25) is 0 Å². The summed E-state index contributed by atoms with van der Waals surface area (Å²) < 4.78 is 17.0. The molecule has 0 unspecified atom stereocenters. The minimum Gasteiger partial charge on any atom is -0.464 e. The lowest BCUT2D eigenvalue weighted by Crippen LogP contribution is -1.67. The van der Waals surface area contributed by atoms with Gasteiger partial charge in [-0.25, -0.2) is 4.39 Å². The fourth-order valence-corrected chi connectivity index (χ4v) is 1.18. The molecule has 1 aliphatic heterocycles. The molecule has 1 heterocycles. The molecule has 0 saturated carbocycles. The van der Waals surface area contributed by atoms with Crippen LogP contribution in [0.3, 0.4) is 0 Å². The molecule has 1 nitrogen and oxygen atoms in total. The monoisotopic (exact) mass is 162 g/mol. The van der Waals surface area contributed by atoms with E-state index in [-0.39, 0.29) is 0 Å². The minimum atomic E-state index is 0.522. The van der Waals surface area contributed by atoms with Crippen molar-refractivity contribution in [2.75, 3.05) is 0 Å². The summed E-state index contributed by atoms with van der Waals surface area (Å²) in [6, 6.07) is 7.40. The van der Waals surface area contributed by atoms with Crippen LogP contribution in [0.5, 0.6) is 0 Å². The molecule has 60 valence electrons. The minimum absolute atomic E-state index is 0.522. The molecular formula is C10H7FO. The van der Waals surface area contributed by atoms with E-state index in [1.54, 1.807) is 12.3 Å². The zero-order chi connectivity index (χ0) is 8.39. The van der Waals surface area contributed by atoms with Gasteiger partial charge in [-0.1, -0.05) is 0 Å². The van der Waals surface area contributed by atoms with Crippen LogP contribution in [0.25, 0.3) is 17.4 Å². The van der Waals surface area contributed by atoms with Crippen LogP contribution >= 0.6 is 0 Å². The van der Waals surface area contributed by atoms with Crippen molar-refractivity contribution >= 4 is 6.08 Å². The predicted molar refractivity (Wildman–Crippen MR) is 45.5 cm³/mol. The van der Waals surface area contributed by atoms with Crippen LogP contribution < -0.4 is 0 Å². The molecule has 2 aliphatic rings. The highest BCUT2D eigenvalue weighted by Crippen LogP contribution is 2.25. The standard InChI is InChI=1S/C10H7FO/c11-4-3-8-6-9-2-1-5-12-10(9)7-8/h1-7H. The van der Waals surface area contributed by atoms with E-state index in [4.69, 9.17) is 4.42 Å². The van der Waals surface area contributed by atoms with Gasteiger partial charge in [-0.05, 0) is 35.9 Å². The molecule has 0 N–H and O–H groups in total. The molecule has 0 spiro atoms. The van der Waals surface area contributed by atoms with Crippen molar-refractivity contribution in [3.8, 4) is 11.3 Å². The van der Waals surface area contributed by atoms with Crippen LogP contribution in [0.2, 0.25) is 0 Å². The molecule has 0 radical (unpaired) electrons. The summed E-state index contributed by atoms with van der Waals surface area (Å²) >= 11 is 0. The molecule has 0 amide bonds. The van der Waals surface area contributed by atoms with Gasteiger partial charge in [0.1, 0.15) is 5.76 Å². The van der Waals surface area contributed by atoms with Crippen molar-refractivity contribution in [2.24, 2.45) is 0 Å². The molecule has 0 aromatic carbocycles. The Kier molecular flexibility index (Phi) is 1.67. The summed E-state index contributed by atoms with van der Waals surface area (Å²) in [7, 11) is 0. The molecule has 0 bridgehead atoms. The van der Waals surface area contributed by atoms with E-state index in [0.717, 1.165) is 16.9 Å². The number of halogens is 1. The van der Waals surface area contributed by atoms with E-state index < -0.39 is 0 Å². The summed E-state index contributed by atoms with van der Waals surface area (Å²) in [6.07, 6.45) is 3.52. The molecule has 1 aliphatic carbocycles. The van der Waals surface area contributed by atoms with E-state index in [1.165, 1.54) is 6.08 Å². The predicted octanol–water partition coefficient (Wildman–Crippen LogP) is 3.32. The van der Waals surface area contributed by atoms with Crippen molar-refractivity contribution in [1.82, 2.24) is 0 Å². The lowest BCUT2D eigenvalue weighted by molar-refractivity contribution is 0.567. The second kappa shape index (κ2) is 2.81. The lowest BCUT2D eigenvalue weighted by atomic mass is 10.3. The molecular weight excluding hydrogens is 155 g/mol. The quantitative estimate of drug-likeness (QED) is 0.626. The number of rotatable bonds is 1. The van der Waals surface area contributed by atoms with Gasteiger partial charge in [0.25, 0.3) is 0 Å². The average Bonchev–Trinajstić information content (AvgIpc) is 2.47. The zero-order valence-electron chi connectivity index (χ0n) is 6.33. The highest BCUT2D eigenvalue weighted by Gasteiger charge is 2.04. The maximum atomic E-state index is 11.8. The van der Waals surface area contributed by atoms with Gasteiger partial charge < -0.3 is 4.42 Å². The maximum Gasteiger partial charge on any atom is 0.134 e. The Labute approximate surface area is 69.5 Å². The van der Waals surface area contributed by atoms with Crippen LogP contribution in [0.1, 0.15) is 5.56 Å². The van der Waals surface area contributed by atoms with Crippen LogP contribution in [0, 0.1) is 0 Å². The largest absolute Gasteiger partial charge is 0.464 e. The van der Waals surface area contributed by atoms with Crippen molar-refractivity contribution < 1.29 is 8.81 Å². The number of fused-ring (bicyclic) bond motifs is 1. The SMILES string of the molecule is FC=Cc1cc2cccoc-2c1. The normalized spacial score (nSPS) is 11.4. The van der Waals surface area contributed by atoms with E-state index in [1.807, 2.05) is 18.2 Å². The van der Waals surface area contributed by atoms with Gasteiger partial charge in [0.05, 0.1) is 12.6 Å². The first-order chi connectivity index (χ1) is 5.90. The topological polar surface area (TPSA) is 13.1 Å². The van der Waals surface area contributed by atoms with E-state index in [9.17, 15) is 4.39 Å². The van der Waals surface area contributed by atoms with Crippen molar-refractivity contribution in [3.63, 3.8) is 0 Å². The smallest absolute Gasteiger partial charge is 0.134 e. The summed E-state index contributed by atoms with van der Waals surface area (Å²) in [6.45, 7) is 0. The summed E-state index contributed by atoms with van der Waals surface area (Å²) in [4.78, 5) is 0. The first-order valence-corrected chi connectivity index (χ1v) is 3.64. The molecule has 12 heavy (non-hydrogen) atoms. The summed E-state index contributed by atoms with van der Waals surface area (Å²) in [5.41, 5.74) is 1.81. The van der Waals surface area contributed by atoms with Crippen LogP contribution in [0.15, 0.2) is 41.3 Å². The fourth-order valence-electron chi connectivity index (χ4n) is 1.18. The molecule has 2 heteroatoms. The fraction of sp³-hybridized carbons (Fsp3) is 0. The lowest BCUT2D eigenvalue weighted by Gasteiger charge is -1.92. The van der Waals surface area contributed by atoms with Crippen molar-refractivity contribution in [3.05, 3.63) is 42.4 Å². The molecule has 0 saturated heterocycles. The Morgan fingerprint density at radius 3 is 3.00 bits per heavy atom. The molecule has 0 atom stereocenters. The van der Waals surface area contributed by atoms with Crippen LogP contribution in [0.4, 0.5) is 4.39 Å². The van der Waals surface area contributed by atoms with Gasteiger partial charge in [0.15, 0.2) is 0 Å². The number of hydrogen-bond acceptors (Lipinski definition) is 1. The van der Waals surface area contributed by atoms with Gasteiger partial charge in [-0.3, -0.25) is 0 Å².